The second-order valence-corrected chi connectivity index (χ2v) is 10.1. The van der Waals surface area contributed by atoms with Crippen LogP contribution < -0.4 is 24.5 Å². The maximum absolute atomic E-state index is 15.2. The van der Waals surface area contributed by atoms with Crippen LogP contribution in [0.1, 0.15) is 0 Å². The van der Waals surface area contributed by atoms with Crippen molar-refractivity contribution in [2.75, 3.05) is 24.5 Å². The Morgan fingerprint density at radius 3 is 0.886 bits per heavy atom. The number of rotatable bonds is 5. The molecule has 2 fully saturated rings. The first-order chi connectivity index (χ1) is 21.5. The van der Waals surface area contributed by atoms with Crippen LogP contribution in [0.5, 0.6) is 0 Å². The molecular formula is C35H25N5O4. The van der Waals surface area contributed by atoms with Crippen molar-refractivity contribution in [2.24, 2.45) is 0 Å². The topological polar surface area (TPSA) is 84.5 Å². The molecule has 5 aromatic rings. The Kier molecular flexibility index (Phi) is 6.40. The minimum Gasteiger partial charge on any atom is -0.267 e. The Hall–Kier alpha value is -6.22. The van der Waals surface area contributed by atoms with E-state index in [1.165, 1.54) is 14.7 Å². The van der Waals surface area contributed by atoms with E-state index in [9.17, 15) is 14.4 Å². The van der Waals surface area contributed by atoms with Crippen molar-refractivity contribution < 1.29 is 19.2 Å². The molecule has 2 heterocycles. The molecule has 7 rings (SSSR count). The van der Waals surface area contributed by atoms with Gasteiger partial charge in [-0.3, -0.25) is 4.79 Å². The molecule has 0 saturated carbocycles. The van der Waals surface area contributed by atoms with Gasteiger partial charge in [-0.15, -0.1) is 0 Å². The lowest BCUT2D eigenvalue weighted by atomic mass is 10.1. The second kappa shape index (κ2) is 10.6. The van der Waals surface area contributed by atoms with Crippen LogP contribution in [0.2, 0.25) is 0 Å². The minimum absolute atomic E-state index is 0.298. The monoisotopic (exact) mass is 579 g/mol. The summed E-state index contributed by atoms with van der Waals surface area (Å²) in [5.74, 6) is -3.10. The van der Waals surface area contributed by atoms with E-state index >= 15 is 4.79 Å². The predicted molar refractivity (Wildman–Crippen MR) is 169 cm³/mol. The summed E-state index contributed by atoms with van der Waals surface area (Å²) in [6, 6.07) is 40.5. The van der Waals surface area contributed by atoms with Crippen molar-refractivity contribution in [3.05, 3.63) is 152 Å². The van der Waals surface area contributed by atoms with E-state index in [-0.39, 0.29) is 0 Å². The fraction of sp³-hybridized carbons (Fsp3) is 0.0286. The average Bonchev–Trinajstić information content (AvgIpc) is 3.29. The molecule has 9 nitrogen and oxygen atoms in total. The van der Waals surface area contributed by atoms with Gasteiger partial charge < -0.3 is 0 Å². The molecule has 9 heteroatoms. The molecule has 214 valence electrons. The van der Waals surface area contributed by atoms with Gasteiger partial charge in [0, 0.05) is 0 Å². The Morgan fingerprint density at radius 2 is 0.568 bits per heavy atom. The first-order valence-corrected chi connectivity index (χ1v) is 14.0. The molecule has 7 amide bonds. The standard InChI is InChI=1S/C35H25N5O4/c41-31-35(38(28-20-10-3-11-21-28)32(42)36(31)26-16-6-1-7-17-26)39(29-22-12-4-13-23-29)33(43)37(27-18-8-2-9-19-27)34(44)40(35)30-24-14-5-15-25-30/h1-25H. The maximum Gasteiger partial charge on any atom is 0.341 e. The highest BCUT2D eigenvalue weighted by Crippen LogP contribution is 2.48. The quantitative estimate of drug-likeness (QED) is 0.208. The first-order valence-electron chi connectivity index (χ1n) is 14.0. The third-order valence-corrected chi connectivity index (χ3v) is 7.65. The normalized spacial score (nSPS) is 16.3. The van der Waals surface area contributed by atoms with Gasteiger partial charge in [0.2, 0.25) is 0 Å². The zero-order chi connectivity index (χ0) is 30.3. The summed E-state index contributed by atoms with van der Waals surface area (Å²) in [5, 5.41) is 0. The summed E-state index contributed by atoms with van der Waals surface area (Å²) in [6.45, 7) is 0. The predicted octanol–water partition coefficient (Wildman–Crippen LogP) is 7.09. The molecule has 0 aromatic heterocycles. The van der Waals surface area contributed by atoms with Gasteiger partial charge in [0.1, 0.15) is 0 Å². The number of carbonyl (C=O) groups excluding carboxylic acids is 4. The van der Waals surface area contributed by atoms with Crippen LogP contribution in [0.4, 0.5) is 42.8 Å². The van der Waals surface area contributed by atoms with E-state index in [4.69, 9.17) is 0 Å². The molecule has 5 aromatic carbocycles. The van der Waals surface area contributed by atoms with Gasteiger partial charge in [0.25, 0.3) is 5.79 Å². The lowest BCUT2D eigenvalue weighted by Gasteiger charge is -2.54. The lowest BCUT2D eigenvalue weighted by molar-refractivity contribution is -0.121. The van der Waals surface area contributed by atoms with Crippen LogP contribution in [0, 0.1) is 0 Å². The number of para-hydroxylation sites is 5. The third-order valence-electron chi connectivity index (χ3n) is 7.65. The van der Waals surface area contributed by atoms with Gasteiger partial charge in [-0.25, -0.2) is 38.9 Å². The molecule has 0 aliphatic carbocycles. The van der Waals surface area contributed by atoms with Gasteiger partial charge in [-0.05, 0) is 60.7 Å². The average molecular weight is 580 g/mol. The highest BCUT2D eigenvalue weighted by molar-refractivity contribution is 6.40. The largest absolute Gasteiger partial charge is 0.341 e. The van der Waals surface area contributed by atoms with Gasteiger partial charge in [0.05, 0.1) is 28.4 Å². The van der Waals surface area contributed by atoms with E-state index in [0.29, 0.717) is 28.4 Å². The SMILES string of the molecule is O=C1N(c2ccccc2)C(=O)N(c2ccccc2)C2(C(=O)N(c3ccccc3)C(=O)N2c2ccccc2)N1c1ccccc1. The highest BCUT2D eigenvalue weighted by Gasteiger charge is 2.72. The molecule has 1 spiro atoms. The summed E-state index contributed by atoms with van der Waals surface area (Å²) in [7, 11) is 0. The lowest BCUT2D eigenvalue weighted by Crippen LogP contribution is -2.82. The molecule has 0 bridgehead atoms. The Labute approximate surface area is 253 Å². The molecule has 0 N–H and O–H groups in total. The van der Waals surface area contributed by atoms with Crippen LogP contribution in [0.25, 0.3) is 0 Å². The zero-order valence-electron chi connectivity index (χ0n) is 23.3. The Bertz CT molecular complexity index is 1800. The summed E-state index contributed by atoms with van der Waals surface area (Å²) in [4.78, 5) is 65.3. The Morgan fingerprint density at radius 1 is 0.318 bits per heavy atom. The second-order valence-electron chi connectivity index (χ2n) is 10.1. The molecule has 2 aliphatic heterocycles. The van der Waals surface area contributed by atoms with E-state index in [1.807, 2.05) is 0 Å². The van der Waals surface area contributed by atoms with Gasteiger partial charge in [0.15, 0.2) is 0 Å². The molecule has 0 radical (unpaired) electrons. The number of amides is 7. The number of hydrogen-bond acceptors (Lipinski definition) is 4. The summed E-state index contributed by atoms with van der Waals surface area (Å²) in [6.07, 6.45) is 0. The highest BCUT2D eigenvalue weighted by atomic mass is 16.2. The van der Waals surface area contributed by atoms with E-state index in [1.54, 1.807) is 152 Å². The van der Waals surface area contributed by atoms with Crippen LogP contribution in [0.3, 0.4) is 0 Å². The smallest absolute Gasteiger partial charge is 0.267 e. The van der Waals surface area contributed by atoms with E-state index in [2.05, 4.69) is 0 Å². The number of nitrogens with zero attached hydrogens (tertiary/aromatic N) is 5. The van der Waals surface area contributed by atoms with Gasteiger partial charge >= 0.3 is 24.0 Å². The number of anilines is 5. The maximum atomic E-state index is 15.2. The van der Waals surface area contributed by atoms with E-state index < -0.39 is 29.8 Å². The van der Waals surface area contributed by atoms with Crippen molar-refractivity contribution in [1.29, 1.82) is 0 Å². The number of carbonyl (C=O) groups is 4. The number of imide groups is 2. The molecular weight excluding hydrogens is 554 g/mol. The number of hydrogen-bond donors (Lipinski definition) is 0. The number of benzene rings is 5. The van der Waals surface area contributed by atoms with Crippen LogP contribution in [-0.2, 0) is 4.79 Å². The van der Waals surface area contributed by atoms with Crippen molar-refractivity contribution in [3.63, 3.8) is 0 Å². The molecule has 0 atom stereocenters. The van der Waals surface area contributed by atoms with Crippen molar-refractivity contribution in [3.8, 4) is 0 Å². The first kappa shape index (κ1) is 26.7. The zero-order valence-corrected chi connectivity index (χ0v) is 23.3. The molecule has 2 aliphatic rings. The molecule has 2 saturated heterocycles. The third kappa shape index (κ3) is 3.87. The fourth-order valence-corrected chi connectivity index (χ4v) is 5.81. The Balaban J connectivity index is 1.60. The number of urea groups is 3. The van der Waals surface area contributed by atoms with Gasteiger partial charge in [-0.1, -0.05) is 91.0 Å². The van der Waals surface area contributed by atoms with Crippen LogP contribution in [0.15, 0.2) is 152 Å². The summed E-state index contributed by atoms with van der Waals surface area (Å²) in [5.41, 5.74) is 1.54. The van der Waals surface area contributed by atoms with Crippen LogP contribution in [-0.4, -0.2) is 29.8 Å². The van der Waals surface area contributed by atoms with Crippen molar-refractivity contribution in [1.82, 2.24) is 0 Å². The van der Waals surface area contributed by atoms with Crippen molar-refractivity contribution in [2.45, 2.75) is 5.79 Å². The van der Waals surface area contributed by atoms with Gasteiger partial charge in [-0.2, -0.15) is 0 Å². The summed E-state index contributed by atoms with van der Waals surface area (Å²) < 4.78 is 0. The van der Waals surface area contributed by atoms with Crippen LogP contribution >= 0.6 is 0 Å². The van der Waals surface area contributed by atoms with E-state index in [0.717, 1.165) is 9.80 Å². The fourth-order valence-electron chi connectivity index (χ4n) is 5.81. The summed E-state index contributed by atoms with van der Waals surface area (Å²) >= 11 is 0. The molecule has 0 unspecified atom stereocenters. The minimum atomic E-state index is -2.31. The molecule has 44 heavy (non-hydrogen) atoms. The van der Waals surface area contributed by atoms with Crippen molar-refractivity contribution >= 4 is 52.4 Å².